The first-order valence-corrected chi connectivity index (χ1v) is 42.5. The van der Waals surface area contributed by atoms with Gasteiger partial charge >= 0.3 is 0 Å². The monoisotopic (exact) mass is 1640 g/mol. The number of rotatable bonds is 25. The average Bonchev–Trinajstić information content (AvgIpc) is 1.54. The highest BCUT2D eigenvalue weighted by atomic mass is 32.2. The van der Waals surface area contributed by atoms with Crippen molar-refractivity contribution >= 4 is 82.7 Å². The molecule has 10 aromatic rings. The standard InChI is InChI=1S/C32H34FN5O4S.C26H30FN5O4S.C25H28N6O4S/c1-21(2)20-42-26-17-24(16-25(33)18-26)28-12-11-27(32(39)37-43(40,41)30-10-6-9-29(34)36-30)31(35-28)38-14-13-23(19-38)15-22-7-4-3-5-8-22;1-16(2)15-36-20-13-18(12-19(27)14-20)22-10-9-21(25(29-22)32-11-5-6-17(32)3)26(33)31-37(34,35)24-8-4-7-23(28)30-24;1-15(2)35-22-11-7-17(13-27-22)20-10-9-19(24(28-20)31-14-16-6-8-18(31)12-16)25(32)30-36(33,34)23-5-3-4-21(26)29-23/h3-12,16-18,21,23H,13-15,19-20H2,1-2H3,(H2,34,36)(H,37,39);4,7-10,12-14,16-17H,5-6,11,15H2,1-3H3,(H2,28,30)(H,31,33);3-5,7,9-11,13,15-16,18H,6,8,12,14H2,1-2H3,(H2,26,29)(H,30,32)/t;;16?,18-/m..0/s1. The fraction of sp³-hybridized carbons (Fsp3) is 0.325. The molecule has 14 rings (SSSR count). The summed E-state index contributed by atoms with van der Waals surface area (Å²) in [6, 6.07) is 44.8. The lowest BCUT2D eigenvalue weighted by Crippen LogP contribution is -2.37. The Morgan fingerprint density at radius 2 is 0.974 bits per heavy atom. The lowest BCUT2D eigenvalue weighted by Gasteiger charge is -2.30. The van der Waals surface area contributed by atoms with E-state index in [-0.39, 0.29) is 79.2 Å². The minimum atomic E-state index is -4.31. The van der Waals surface area contributed by atoms with E-state index in [1.54, 1.807) is 48.7 Å². The predicted octanol–water partition coefficient (Wildman–Crippen LogP) is 12.1. The number of nitrogens with one attached hydrogen (secondary N) is 3. The molecule has 0 radical (unpaired) electrons. The van der Waals surface area contributed by atoms with Crippen LogP contribution in [0.4, 0.5) is 43.7 Å². The number of aromatic nitrogens is 7. The van der Waals surface area contributed by atoms with Gasteiger partial charge in [-0.05, 0) is 198 Å². The number of piperidine rings is 1. The van der Waals surface area contributed by atoms with Gasteiger partial charge in [0.2, 0.25) is 5.88 Å². The SMILES string of the molecule is CC(C)COc1cc(F)cc(-c2ccc(C(=O)NS(=O)(=O)c3cccc(N)n3)c(N3CCC(Cc4ccccc4)C3)n2)c1.CC(C)COc1cc(F)cc(-c2ccc(C(=O)NS(=O)(=O)c3cccc(N)n3)c(N3CCCC3C)n2)c1.CC(C)Oc1ccc(-c2ccc(C(=O)NS(=O)(=O)c3cccc(N)n3)c(N3CC4CC[C@H]3C4)n2)cn1. The third kappa shape index (κ3) is 21.1. The van der Waals surface area contributed by atoms with Crippen molar-refractivity contribution in [1.82, 2.24) is 49.1 Å². The number of nitrogen functional groups attached to an aromatic ring is 3. The molecular formula is C83H92F2N16O12S3. The van der Waals surface area contributed by atoms with Crippen LogP contribution >= 0.6 is 0 Å². The molecule has 9 N–H and O–H groups in total. The van der Waals surface area contributed by atoms with Crippen molar-refractivity contribution in [2.75, 3.05) is 71.3 Å². The molecule has 2 bridgehead atoms. The summed E-state index contributed by atoms with van der Waals surface area (Å²) in [7, 11) is -12.8. The van der Waals surface area contributed by atoms with Gasteiger partial charge in [0, 0.05) is 79.3 Å². The third-order valence-corrected chi connectivity index (χ3v) is 23.1. The third-order valence-electron chi connectivity index (χ3n) is 19.4. The second-order valence-electron chi connectivity index (χ2n) is 30.0. The minimum absolute atomic E-state index is 0.00951. The van der Waals surface area contributed by atoms with Gasteiger partial charge in [-0.2, -0.15) is 25.3 Å². The minimum Gasteiger partial charge on any atom is -0.493 e. The van der Waals surface area contributed by atoms with E-state index in [2.05, 4.69) is 51.1 Å². The second-order valence-corrected chi connectivity index (χ2v) is 34.9. The number of sulfonamides is 3. The molecule has 33 heteroatoms. The topological polar surface area (TPSA) is 395 Å². The van der Waals surface area contributed by atoms with Gasteiger partial charge in [-0.1, -0.05) is 76.2 Å². The predicted molar refractivity (Wildman–Crippen MR) is 438 cm³/mol. The molecule has 3 saturated heterocycles. The van der Waals surface area contributed by atoms with Crippen molar-refractivity contribution in [3.63, 3.8) is 0 Å². The molecular weight excluding hydrogens is 1550 g/mol. The number of nitrogens with two attached hydrogens (primary N) is 3. The van der Waals surface area contributed by atoms with Crippen molar-refractivity contribution in [1.29, 1.82) is 0 Å². The molecule has 3 unspecified atom stereocenters. The molecule has 4 aliphatic rings. The number of fused-ring (bicyclic) bond motifs is 2. The van der Waals surface area contributed by atoms with E-state index in [0.29, 0.717) is 108 Å². The van der Waals surface area contributed by atoms with Gasteiger partial charge in [0.15, 0.2) is 15.1 Å². The summed E-state index contributed by atoms with van der Waals surface area (Å²) in [5.74, 6) is 0.385. The molecule has 7 aromatic heterocycles. The van der Waals surface area contributed by atoms with E-state index < -0.39 is 59.4 Å². The Balaban J connectivity index is 0.000000161. The molecule has 3 aliphatic heterocycles. The molecule has 1 saturated carbocycles. The van der Waals surface area contributed by atoms with Crippen LogP contribution in [0.5, 0.6) is 17.4 Å². The van der Waals surface area contributed by atoms with Crippen LogP contribution in [0.25, 0.3) is 33.8 Å². The number of pyridine rings is 7. The highest BCUT2D eigenvalue weighted by molar-refractivity contribution is 7.90. The van der Waals surface area contributed by atoms with Crippen molar-refractivity contribution in [2.24, 2.45) is 23.7 Å². The van der Waals surface area contributed by atoms with E-state index in [9.17, 15) is 48.4 Å². The maximum absolute atomic E-state index is 14.6. The number of benzene rings is 3. The highest BCUT2D eigenvalue weighted by Gasteiger charge is 2.41. The van der Waals surface area contributed by atoms with Crippen LogP contribution in [0, 0.1) is 35.3 Å². The Kier molecular flexibility index (Phi) is 26.1. The Hall–Kier alpha value is -12.0. The largest absolute Gasteiger partial charge is 0.493 e. The first-order valence-electron chi connectivity index (χ1n) is 38.0. The highest BCUT2D eigenvalue weighted by Crippen LogP contribution is 2.42. The number of ether oxygens (including phenoxy) is 3. The van der Waals surface area contributed by atoms with E-state index in [4.69, 9.17) is 46.4 Å². The van der Waals surface area contributed by atoms with Gasteiger partial charge in [0.05, 0.1) is 53.1 Å². The molecule has 3 aromatic carbocycles. The molecule has 10 heterocycles. The molecule has 0 spiro atoms. The number of anilines is 6. The van der Waals surface area contributed by atoms with Gasteiger partial charge in [-0.15, -0.1) is 0 Å². The Morgan fingerprint density at radius 3 is 1.40 bits per heavy atom. The van der Waals surface area contributed by atoms with Gasteiger partial charge < -0.3 is 46.1 Å². The molecule has 3 amide bonds. The molecule has 1 aliphatic carbocycles. The van der Waals surface area contributed by atoms with Crippen LogP contribution in [-0.4, -0.2) is 135 Å². The first-order chi connectivity index (χ1) is 55.3. The van der Waals surface area contributed by atoms with Crippen LogP contribution in [0.15, 0.2) is 191 Å². The van der Waals surface area contributed by atoms with Crippen molar-refractivity contribution in [3.8, 4) is 51.2 Å². The van der Waals surface area contributed by atoms with Crippen molar-refractivity contribution in [2.45, 2.75) is 127 Å². The van der Waals surface area contributed by atoms with Gasteiger partial charge in [0.25, 0.3) is 47.8 Å². The summed E-state index contributed by atoms with van der Waals surface area (Å²) in [5, 5.41) is -1.06. The maximum Gasteiger partial charge on any atom is 0.281 e. The Labute approximate surface area is 673 Å². The number of hydrogen-bond acceptors (Lipinski definition) is 25. The zero-order valence-electron chi connectivity index (χ0n) is 65.1. The van der Waals surface area contributed by atoms with E-state index >= 15 is 0 Å². The summed E-state index contributed by atoms with van der Waals surface area (Å²) in [6.45, 7) is 17.4. The van der Waals surface area contributed by atoms with Gasteiger partial charge in [-0.3, -0.25) is 14.4 Å². The number of hydrogen-bond donors (Lipinski definition) is 6. The smallest absolute Gasteiger partial charge is 0.281 e. The summed E-state index contributed by atoms with van der Waals surface area (Å²) >= 11 is 0. The van der Waals surface area contributed by atoms with Crippen LogP contribution < -0.4 is 60.3 Å². The summed E-state index contributed by atoms with van der Waals surface area (Å²) in [4.78, 5) is 76.2. The zero-order valence-corrected chi connectivity index (χ0v) is 67.5. The Bertz CT molecular complexity index is 5600. The quantitative estimate of drug-likeness (QED) is 0.0309. The van der Waals surface area contributed by atoms with Crippen molar-refractivity contribution in [3.05, 3.63) is 210 Å². The molecule has 116 heavy (non-hydrogen) atoms. The van der Waals surface area contributed by atoms with E-state index in [1.807, 2.05) is 82.5 Å². The lowest BCUT2D eigenvalue weighted by atomic mass is 9.99. The second kappa shape index (κ2) is 36.2. The lowest BCUT2D eigenvalue weighted by molar-refractivity contribution is 0.0972. The maximum atomic E-state index is 14.6. The number of carbonyl (C=O) groups is 3. The van der Waals surface area contributed by atoms with Crippen LogP contribution in [-0.2, 0) is 36.5 Å². The fourth-order valence-corrected chi connectivity index (χ4v) is 16.8. The molecule has 4 atom stereocenters. The molecule has 608 valence electrons. The normalized spacial score (nSPS) is 16.5. The Morgan fingerprint density at radius 1 is 0.500 bits per heavy atom. The van der Waals surface area contributed by atoms with Crippen LogP contribution in [0.3, 0.4) is 0 Å². The molecule has 4 fully saturated rings. The molecule has 28 nitrogen and oxygen atoms in total. The van der Waals surface area contributed by atoms with Gasteiger partial charge in [0.1, 0.15) is 58.0 Å². The van der Waals surface area contributed by atoms with Crippen molar-refractivity contribution < 1.29 is 62.6 Å². The van der Waals surface area contributed by atoms with Crippen LogP contribution in [0.1, 0.15) is 124 Å². The number of nitrogens with zero attached hydrogens (tertiary/aromatic N) is 10. The van der Waals surface area contributed by atoms with Gasteiger partial charge in [-0.25, -0.2) is 57.8 Å². The number of halogens is 2. The number of carbonyl (C=O) groups excluding carboxylic acids is 3. The average molecular weight is 1640 g/mol. The van der Waals surface area contributed by atoms with Crippen LogP contribution in [0.2, 0.25) is 0 Å². The summed E-state index contributed by atoms with van der Waals surface area (Å²) in [5.41, 5.74) is 21.7. The zero-order chi connectivity index (χ0) is 82.8. The van der Waals surface area contributed by atoms with E-state index in [0.717, 1.165) is 57.1 Å². The van der Waals surface area contributed by atoms with E-state index in [1.165, 1.54) is 96.6 Å². The summed E-state index contributed by atoms with van der Waals surface area (Å²) < 4.78 is 130. The number of amides is 3. The first kappa shape index (κ1) is 83.5. The fourth-order valence-electron chi connectivity index (χ4n) is 14.0. The summed E-state index contributed by atoms with van der Waals surface area (Å²) in [6.07, 6.45) is 8.41.